The Morgan fingerprint density at radius 3 is 2.42 bits per heavy atom. The van der Waals surface area contributed by atoms with Crippen LogP contribution in [-0.4, -0.2) is 18.0 Å². The van der Waals surface area contributed by atoms with Crippen molar-refractivity contribution in [1.82, 2.24) is 0 Å². The zero-order valence-electron chi connectivity index (χ0n) is 6.69. The average molecular weight is 160 g/mol. The lowest BCUT2D eigenvalue weighted by Gasteiger charge is -1.94. The largest absolute Gasteiger partial charge is 0.624 e. The topological polar surface area (TPSA) is 49.9 Å². The van der Waals surface area contributed by atoms with Gasteiger partial charge < -0.3 is 5.21 Å². The normalized spacial score (nSPS) is 10.8. The van der Waals surface area contributed by atoms with Crippen molar-refractivity contribution in [3.63, 3.8) is 0 Å². The number of nitriles is 1. The molecule has 0 aliphatic heterocycles. The fourth-order valence-electron chi connectivity index (χ4n) is 0.854. The second-order valence-corrected chi connectivity index (χ2v) is 2.41. The molecule has 0 aliphatic rings. The van der Waals surface area contributed by atoms with Gasteiger partial charge in [0.25, 0.3) is 0 Å². The van der Waals surface area contributed by atoms with Crippen molar-refractivity contribution in [3.05, 3.63) is 40.6 Å². The van der Waals surface area contributed by atoms with Crippen LogP contribution in [0.4, 0.5) is 0 Å². The Labute approximate surface area is 70.8 Å². The van der Waals surface area contributed by atoms with E-state index < -0.39 is 0 Å². The first-order valence-electron chi connectivity index (χ1n) is 3.47. The van der Waals surface area contributed by atoms with E-state index in [0.29, 0.717) is 5.56 Å². The predicted molar refractivity (Wildman–Crippen MR) is 45.9 cm³/mol. The molecule has 0 amide bonds. The summed E-state index contributed by atoms with van der Waals surface area (Å²) in [6.07, 6.45) is 1.45. The Kier molecular flexibility index (Phi) is 2.44. The highest BCUT2D eigenvalue weighted by atomic mass is 16.5. The SMILES string of the molecule is C/[N+]([O-])=C\c1ccc(C#N)cc1. The molecule has 1 rings (SSSR count). The minimum Gasteiger partial charge on any atom is -0.624 e. The molecule has 0 saturated carbocycles. The number of hydrogen-bond donors (Lipinski definition) is 0. The molecule has 0 spiro atoms. The van der Waals surface area contributed by atoms with Crippen LogP contribution in [0.1, 0.15) is 11.1 Å². The Hall–Kier alpha value is -1.82. The third kappa shape index (κ3) is 2.10. The molecule has 0 unspecified atom stereocenters. The van der Waals surface area contributed by atoms with Crippen LogP contribution in [0.25, 0.3) is 0 Å². The lowest BCUT2D eigenvalue weighted by Crippen LogP contribution is -1.96. The minimum absolute atomic E-state index is 0.598. The third-order valence-electron chi connectivity index (χ3n) is 1.37. The van der Waals surface area contributed by atoms with Gasteiger partial charge in [-0.1, -0.05) is 0 Å². The molecule has 1 aromatic carbocycles. The average Bonchev–Trinajstić information content (AvgIpc) is 2.05. The van der Waals surface area contributed by atoms with E-state index in [4.69, 9.17) is 5.26 Å². The summed E-state index contributed by atoms with van der Waals surface area (Å²) in [4.78, 5) is 0. The monoisotopic (exact) mass is 160 g/mol. The van der Waals surface area contributed by atoms with E-state index >= 15 is 0 Å². The van der Waals surface area contributed by atoms with E-state index in [1.807, 2.05) is 6.07 Å². The van der Waals surface area contributed by atoms with Crippen molar-refractivity contribution < 1.29 is 4.74 Å². The third-order valence-corrected chi connectivity index (χ3v) is 1.37. The molecule has 0 aromatic heterocycles. The first-order chi connectivity index (χ1) is 5.72. The van der Waals surface area contributed by atoms with Gasteiger partial charge in [-0.2, -0.15) is 5.26 Å². The van der Waals surface area contributed by atoms with Crippen molar-refractivity contribution in [2.45, 2.75) is 0 Å². The number of rotatable bonds is 1. The van der Waals surface area contributed by atoms with E-state index in [1.165, 1.54) is 13.3 Å². The van der Waals surface area contributed by atoms with Crippen LogP contribution in [0.2, 0.25) is 0 Å². The predicted octanol–water partition coefficient (Wildman–Crippen LogP) is 1.12. The van der Waals surface area contributed by atoms with Gasteiger partial charge in [-0.05, 0) is 24.3 Å². The van der Waals surface area contributed by atoms with Gasteiger partial charge in [0, 0.05) is 5.56 Å². The van der Waals surface area contributed by atoms with Crippen molar-refractivity contribution in [2.75, 3.05) is 7.05 Å². The summed E-state index contributed by atoms with van der Waals surface area (Å²) in [6, 6.07) is 8.81. The second-order valence-electron chi connectivity index (χ2n) is 2.41. The number of benzene rings is 1. The molecule has 1 aromatic rings. The molecule has 0 radical (unpaired) electrons. The Morgan fingerprint density at radius 1 is 1.42 bits per heavy atom. The van der Waals surface area contributed by atoms with Crippen LogP contribution in [0, 0.1) is 16.5 Å². The summed E-state index contributed by atoms with van der Waals surface area (Å²) in [5.74, 6) is 0. The fourth-order valence-corrected chi connectivity index (χ4v) is 0.854. The van der Waals surface area contributed by atoms with Gasteiger partial charge in [0.15, 0.2) is 6.21 Å². The Morgan fingerprint density at radius 2 is 2.00 bits per heavy atom. The van der Waals surface area contributed by atoms with Crippen molar-refractivity contribution in [2.24, 2.45) is 0 Å². The van der Waals surface area contributed by atoms with Gasteiger partial charge in [-0.25, -0.2) is 4.74 Å². The van der Waals surface area contributed by atoms with Crippen LogP contribution >= 0.6 is 0 Å². The smallest absolute Gasteiger partial charge is 0.181 e. The van der Waals surface area contributed by atoms with Gasteiger partial charge in [-0.3, -0.25) is 0 Å². The van der Waals surface area contributed by atoms with E-state index in [0.717, 1.165) is 10.3 Å². The fraction of sp³-hybridized carbons (Fsp3) is 0.111. The summed E-state index contributed by atoms with van der Waals surface area (Å²) in [5.41, 5.74) is 1.40. The first-order valence-corrected chi connectivity index (χ1v) is 3.47. The van der Waals surface area contributed by atoms with Crippen molar-refractivity contribution in [3.8, 4) is 6.07 Å². The standard InChI is InChI=1S/C9H8N2O/c1-11(12)7-9-4-2-8(6-10)3-5-9/h2-5,7H,1H3/b11-7+. The first kappa shape index (κ1) is 8.28. The second kappa shape index (κ2) is 3.54. The summed E-state index contributed by atoms with van der Waals surface area (Å²) in [6.45, 7) is 0. The van der Waals surface area contributed by atoms with E-state index in [2.05, 4.69) is 0 Å². The highest BCUT2D eigenvalue weighted by Gasteiger charge is 1.92. The van der Waals surface area contributed by atoms with Crippen molar-refractivity contribution in [1.29, 1.82) is 5.26 Å². The maximum absolute atomic E-state index is 10.6. The molecule has 0 fully saturated rings. The van der Waals surface area contributed by atoms with Gasteiger partial charge in [0.05, 0.1) is 11.6 Å². The maximum atomic E-state index is 10.6. The molecule has 60 valence electrons. The Balaban J connectivity index is 2.95. The quantitative estimate of drug-likeness (QED) is 0.267. The molecule has 12 heavy (non-hydrogen) atoms. The van der Waals surface area contributed by atoms with E-state index in [9.17, 15) is 5.21 Å². The molecule has 0 atom stereocenters. The van der Waals surface area contributed by atoms with Crippen LogP contribution < -0.4 is 0 Å². The van der Waals surface area contributed by atoms with Crippen LogP contribution in [-0.2, 0) is 0 Å². The van der Waals surface area contributed by atoms with Crippen LogP contribution in [0.15, 0.2) is 24.3 Å². The molecular weight excluding hydrogens is 152 g/mol. The molecular formula is C9H8N2O. The number of hydroxylamine groups is 1. The van der Waals surface area contributed by atoms with Gasteiger partial charge in [0.1, 0.15) is 7.05 Å². The molecule has 0 saturated heterocycles. The van der Waals surface area contributed by atoms with E-state index in [1.54, 1.807) is 24.3 Å². The van der Waals surface area contributed by atoms with Crippen LogP contribution in [0.5, 0.6) is 0 Å². The summed E-state index contributed by atoms with van der Waals surface area (Å²) in [5, 5.41) is 19.0. The van der Waals surface area contributed by atoms with Crippen molar-refractivity contribution >= 4 is 6.21 Å². The maximum Gasteiger partial charge on any atom is 0.181 e. The summed E-state index contributed by atoms with van der Waals surface area (Å²) >= 11 is 0. The zero-order valence-corrected chi connectivity index (χ0v) is 6.69. The lowest BCUT2D eigenvalue weighted by molar-refractivity contribution is -0.416. The van der Waals surface area contributed by atoms with E-state index in [-0.39, 0.29) is 0 Å². The van der Waals surface area contributed by atoms with Gasteiger partial charge in [0.2, 0.25) is 0 Å². The summed E-state index contributed by atoms with van der Waals surface area (Å²) < 4.78 is 0.724. The molecule has 3 nitrogen and oxygen atoms in total. The number of nitrogens with zero attached hydrogens (tertiary/aromatic N) is 2. The molecule has 0 N–H and O–H groups in total. The molecule has 0 bridgehead atoms. The molecule has 0 aliphatic carbocycles. The molecule has 3 heteroatoms. The number of hydrogen-bond acceptors (Lipinski definition) is 2. The van der Waals surface area contributed by atoms with Crippen LogP contribution in [0.3, 0.4) is 0 Å². The van der Waals surface area contributed by atoms with Gasteiger partial charge in [-0.15, -0.1) is 0 Å². The highest BCUT2D eigenvalue weighted by molar-refractivity contribution is 5.75. The zero-order chi connectivity index (χ0) is 8.97. The summed E-state index contributed by atoms with van der Waals surface area (Å²) in [7, 11) is 1.41. The lowest BCUT2D eigenvalue weighted by atomic mass is 10.2. The highest BCUT2D eigenvalue weighted by Crippen LogP contribution is 1.99. The molecule has 0 heterocycles. The minimum atomic E-state index is 0.598. The van der Waals surface area contributed by atoms with Gasteiger partial charge >= 0.3 is 0 Å². The Bertz CT molecular complexity index is 329.